The number of rotatable bonds is 7. The molecule has 1 aromatic carbocycles. The Morgan fingerprint density at radius 1 is 1.37 bits per heavy atom. The van der Waals surface area contributed by atoms with E-state index in [2.05, 4.69) is 40.0 Å². The minimum Gasteiger partial charge on any atom is -0.396 e. The van der Waals surface area contributed by atoms with E-state index in [0.29, 0.717) is 0 Å². The van der Waals surface area contributed by atoms with E-state index in [1.165, 1.54) is 11.3 Å². The third-order valence-corrected chi connectivity index (χ3v) is 3.16. The van der Waals surface area contributed by atoms with Gasteiger partial charge in [-0.1, -0.05) is 12.1 Å². The molecule has 0 aliphatic heterocycles. The number of nitrogens with one attached hydrogen (secondary N) is 1. The number of hydrogen-bond donors (Lipinski definition) is 2. The highest BCUT2D eigenvalue weighted by molar-refractivity contribution is 5.46. The van der Waals surface area contributed by atoms with E-state index in [9.17, 15) is 0 Å². The molecule has 19 heavy (non-hydrogen) atoms. The minimum absolute atomic E-state index is 0.243. The molecule has 0 atom stereocenters. The van der Waals surface area contributed by atoms with E-state index < -0.39 is 0 Å². The molecule has 1 heterocycles. The van der Waals surface area contributed by atoms with Crippen molar-refractivity contribution in [3.8, 4) is 0 Å². The first-order valence-electron chi connectivity index (χ1n) is 6.76. The number of aryl methyl sites for hydroxylation is 2. The summed E-state index contributed by atoms with van der Waals surface area (Å²) in [5, 5.41) is 12.3. The zero-order valence-electron chi connectivity index (χ0n) is 11.3. The van der Waals surface area contributed by atoms with Gasteiger partial charge in [-0.3, -0.25) is 0 Å². The molecule has 102 valence electrons. The van der Waals surface area contributed by atoms with Gasteiger partial charge in [0.25, 0.3) is 0 Å². The second kappa shape index (κ2) is 6.95. The molecule has 0 aliphatic rings. The van der Waals surface area contributed by atoms with Crippen molar-refractivity contribution in [1.82, 2.24) is 9.55 Å². The molecule has 0 saturated heterocycles. The molecule has 0 spiro atoms. The van der Waals surface area contributed by atoms with Crippen LogP contribution in [0.5, 0.6) is 0 Å². The van der Waals surface area contributed by atoms with Gasteiger partial charge in [-0.05, 0) is 37.5 Å². The second-order valence-electron chi connectivity index (χ2n) is 4.55. The molecule has 0 fully saturated rings. The van der Waals surface area contributed by atoms with E-state index in [1.807, 2.05) is 18.6 Å². The molecule has 1 aromatic heterocycles. The molecule has 0 unspecified atom stereocenters. The average molecular weight is 259 g/mol. The van der Waals surface area contributed by atoms with E-state index in [0.717, 1.165) is 31.6 Å². The van der Waals surface area contributed by atoms with Gasteiger partial charge in [0, 0.05) is 25.0 Å². The van der Waals surface area contributed by atoms with Crippen molar-refractivity contribution in [3.63, 3.8) is 0 Å². The highest BCUT2D eigenvalue weighted by Gasteiger charge is 2.01. The molecule has 2 N–H and O–H groups in total. The van der Waals surface area contributed by atoms with Gasteiger partial charge in [0.05, 0.1) is 18.6 Å². The van der Waals surface area contributed by atoms with E-state index in [-0.39, 0.29) is 6.61 Å². The molecule has 0 saturated carbocycles. The van der Waals surface area contributed by atoms with Crippen molar-refractivity contribution in [3.05, 3.63) is 48.0 Å². The van der Waals surface area contributed by atoms with E-state index >= 15 is 0 Å². The van der Waals surface area contributed by atoms with Gasteiger partial charge in [-0.25, -0.2) is 4.98 Å². The van der Waals surface area contributed by atoms with Crippen LogP contribution in [0.2, 0.25) is 0 Å². The predicted molar refractivity (Wildman–Crippen MR) is 77.1 cm³/mol. The Morgan fingerprint density at radius 3 is 3.05 bits per heavy atom. The number of hydrogen-bond acceptors (Lipinski definition) is 3. The molecular formula is C15H21N3O. The third kappa shape index (κ3) is 3.83. The van der Waals surface area contributed by atoms with Crippen LogP contribution in [0.3, 0.4) is 0 Å². The van der Waals surface area contributed by atoms with Crippen molar-refractivity contribution < 1.29 is 5.11 Å². The summed E-state index contributed by atoms with van der Waals surface area (Å²) in [5.74, 6) is 0. The van der Waals surface area contributed by atoms with Crippen LogP contribution < -0.4 is 5.32 Å². The summed E-state index contributed by atoms with van der Waals surface area (Å²) in [6.07, 6.45) is 5.48. The molecule has 0 radical (unpaired) electrons. The van der Waals surface area contributed by atoms with Gasteiger partial charge in [0.1, 0.15) is 0 Å². The van der Waals surface area contributed by atoms with Crippen LogP contribution in [0.15, 0.2) is 36.8 Å². The van der Waals surface area contributed by atoms with Gasteiger partial charge in [-0.2, -0.15) is 0 Å². The van der Waals surface area contributed by atoms with Crippen LogP contribution in [0.1, 0.15) is 24.6 Å². The normalized spacial score (nSPS) is 10.6. The summed E-state index contributed by atoms with van der Waals surface area (Å²) in [4.78, 5) is 4.16. The predicted octanol–water partition coefficient (Wildman–Crippen LogP) is 2.44. The number of nitrogens with zero attached hydrogens (tertiary/aromatic N) is 2. The van der Waals surface area contributed by atoms with Crippen molar-refractivity contribution in [1.29, 1.82) is 0 Å². The van der Waals surface area contributed by atoms with Crippen LogP contribution in [-0.4, -0.2) is 21.3 Å². The number of aliphatic hydroxyl groups is 1. The lowest BCUT2D eigenvalue weighted by molar-refractivity contribution is 0.288. The maximum atomic E-state index is 8.86. The first-order chi connectivity index (χ1) is 9.33. The summed E-state index contributed by atoms with van der Waals surface area (Å²) >= 11 is 0. The maximum absolute atomic E-state index is 8.86. The molecular weight excluding hydrogens is 238 g/mol. The van der Waals surface area contributed by atoms with Gasteiger partial charge in [0.2, 0.25) is 0 Å². The molecule has 2 rings (SSSR count). The van der Waals surface area contributed by atoms with Crippen molar-refractivity contribution >= 4 is 5.69 Å². The summed E-state index contributed by atoms with van der Waals surface area (Å²) in [7, 11) is 0. The summed E-state index contributed by atoms with van der Waals surface area (Å²) < 4.78 is 2.13. The SMILES string of the molecule is CCn1cncc1CNc1cccc(CCCO)c1. The van der Waals surface area contributed by atoms with Gasteiger partial charge >= 0.3 is 0 Å². The van der Waals surface area contributed by atoms with Crippen LogP contribution >= 0.6 is 0 Å². The lowest BCUT2D eigenvalue weighted by atomic mass is 10.1. The van der Waals surface area contributed by atoms with E-state index in [4.69, 9.17) is 5.11 Å². The number of aliphatic hydroxyl groups excluding tert-OH is 1. The average Bonchev–Trinajstić information content (AvgIpc) is 2.91. The first-order valence-corrected chi connectivity index (χ1v) is 6.76. The minimum atomic E-state index is 0.243. The zero-order chi connectivity index (χ0) is 13.5. The zero-order valence-corrected chi connectivity index (χ0v) is 11.3. The van der Waals surface area contributed by atoms with Crippen LogP contribution in [-0.2, 0) is 19.5 Å². The lowest BCUT2D eigenvalue weighted by Gasteiger charge is -2.09. The molecule has 0 bridgehead atoms. The Kier molecular flexibility index (Phi) is 4.98. The summed E-state index contributed by atoms with van der Waals surface area (Å²) in [6.45, 7) is 4.07. The van der Waals surface area contributed by atoms with Gasteiger partial charge in [0.15, 0.2) is 0 Å². The molecule has 0 amide bonds. The highest BCUT2D eigenvalue weighted by Crippen LogP contribution is 2.13. The number of aromatic nitrogens is 2. The van der Waals surface area contributed by atoms with Crippen LogP contribution in [0.25, 0.3) is 0 Å². The molecule has 2 aromatic rings. The largest absolute Gasteiger partial charge is 0.396 e. The Morgan fingerprint density at radius 2 is 2.26 bits per heavy atom. The van der Waals surface area contributed by atoms with Crippen molar-refractivity contribution in [2.75, 3.05) is 11.9 Å². The first kappa shape index (κ1) is 13.6. The molecule has 4 heteroatoms. The monoisotopic (exact) mass is 259 g/mol. The van der Waals surface area contributed by atoms with Gasteiger partial charge < -0.3 is 15.0 Å². The Hall–Kier alpha value is -1.81. The fourth-order valence-corrected chi connectivity index (χ4v) is 2.09. The fourth-order valence-electron chi connectivity index (χ4n) is 2.09. The lowest BCUT2D eigenvalue weighted by Crippen LogP contribution is -2.06. The van der Waals surface area contributed by atoms with Crippen molar-refractivity contribution in [2.24, 2.45) is 0 Å². The number of imidazole rings is 1. The fraction of sp³-hybridized carbons (Fsp3) is 0.400. The smallest absolute Gasteiger partial charge is 0.0948 e. The molecule has 0 aliphatic carbocycles. The highest BCUT2D eigenvalue weighted by atomic mass is 16.2. The van der Waals surface area contributed by atoms with Crippen LogP contribution in [0.4, 0.5) is 5.69 Å². The summed E-state index contributed by atoms with van der Waals surface area (Å²) in [6, 6.07) is 8.35. The van der Waals surface area contributed by atoms with E-state index in [1.54, 1.807) is 0 Å². The number of benzene rings is 1. The number of anilines is 1. The van der Waals surface area contributed by atoms with Crippen molar-refractivity contribution in [2.45, 2.75) is 32.9 Å². The van der Waals surface area contributed by atoms with Crippen LogP contribution in [0, 0.1) is 0 Å². The maximum Gasteiger partial charge on any atom is 0.0948 e. The standard InChI is InChI=1S/C15H21N3O/c1-2-18-12-16-10-15(18)11-17-14-7-3-5-13(9-14)6-4-8-19/h3,5,7,9-10,12,17,19H,2,4,6,8,11H2,1H3. The second-order valence-corrected chi connectivity index (χ2v) is 4.55. The van der Waals surface area contributed by atoms with Gasteiger partial charge in [-0.15, -0.1) is 0 Å². The summed E-state index contributed by atoms with van der Waals surface area (Å²) in [5.41, 5.74) is 3.55. The quantitative estimate of drug-likeness (QED) is 0.803. The Bertz CT molecular complexity index is 508. The Balaban J connectivity index is 1.95. The molecule has 4 nitrogen and oxygen atoms in total. The Labute approximate surface area is 114 Å². The third-order valence-electron chi connectivity index (χ3n) is 3.16. The topological polar surface area (TPSA) is 50.1 Å².